The van der Waals surface area contributed by atoms with E-state index < -0.39 is 11.5 Å². The lowest BCUT2D eigenvalue weighted by Crippen LogP contribution is -2.27. The molecule has 0 bridgehead atoms. The number of rotatable bonds is 10. The van der Waals surface area contributed by atoms with E-state index >= 15 is 0 Å². The Labute approximate surface area is 196 Å². The molecule has 1 N–H and O–H groups in total. The molecule has 1 aromatic carbocycles. The fraction of sp³-hybridized carbons (Fsp3) is 0.417. The lowest BCUT2D eigenvalue weighted by atomic mass is 9.97. The maximum absolute atomic E-state index is 13.5. The SMILES string of the molecule is CCCC(CCC)C(=O)Nc1scc2c(C(=O)OCC)nn(-c3cccc(OC)c3)c(=O)c12. The van der Waals surface area contributed by atoms with Crippen LogP contribution < -0.4 is 15.6 Å². The summed E-state index contributed by atoms with van der Waals surface area (Å²) in [6.45, 7) is 5.96. The van der Waals surface area contributed by atoms with Gasteiger partial charge in [0.15, 0.2) is 5.69 Å². The van der Waals surface area contributed by atoms with E-state index in [0.717, 1.165) is 30.4 Å². The Morgan fingerprint density at radius 2 is 1.91 bits per heavy atom. The summed E-state index contributed by atoms with van der Waals surface area (Å²) in [4.78, 5) is 39.2. The largest absolute Gasteiger partial charge is 0.497 e. The smallest absolute Gasteiger partial charge is 0.359 e. The number of amides is 1. The Morgan fingerprint density at radius 3 is 2.55 bits per heavy atom. The molecule has 0 aliphatic rings. The molecule has 0 atom stereocenters. The lowest BCUT2D eigenvalue weighted by molar-refractivity contribution is -0.120. The lowest BCUT2D eigenvalue weighted by Gasteiger charge is -2.15. The number of fused-ring (bicyclic) bond motifs is 1. The van der Waals surface area contributed by atoms with Crippen LogP contribution >= 0.6 is 11.3 Å². The van der Waals surface area contributed by atoms with Crippen molar-refractivity contribution in [1.82, 2.24) is 9.78 Å². The number of hydrogen-bond acceptors (Lipinski definition) is 7. The number of nitrogens with one attached hydrogen (secondary N) is 1. The minimum Gasteiger partial charge on any atom is -0.497 e. The van der Waals surface area contributed by atoms with Gasteiger partial charge in [-0.2, -0.15) is 9.78 Å². The van der Waals surface area contributed by atoms with Crippen molar-refractivity contribution in [2.45, 2.75) is 46.5 Å². The second kappa shape index (κ2) is 11.1. The Morgan fingerprint density at radius 1 is 1.18 bits per heavy atom. The predicted octanol–water partition coefficient (Wildman–Crippen LogP) is 4.79. The van der Waals surface area contributed by atoms with E-state index in [1.165, 1.54) is 18.4 Å². The van der Waals surface area contributed by atoms with E-state index in [1.54, 1.807) is 36.6 Å². The Bertz CT molecular complexity index is 1190. The number of carbonyl (C=O) groups is 2. The van der Waals surface area contributed by atoms with Crippen molar-refractivity contribution in [2.75, 3.05) is 19.0 Å². The number of aromatic nitrogens is 2. The topological polar surface area (TPSA) is 99.5 Å². The number of ether oxygens (including phenoxy) is 2. The highest BCUT2D eigenvalue weighted by atomic mass is 32.1. The highest BCUT2D eigenvalue weighted by Crippen LogP contribution is 2.32. The monoisotopic (exact) mass is 471 g/mol. The first-order valence-corrected chi connectivity index (χ1v) is 12.0. The number of thiophene rings is 1. The van der Waals surface area contributed by atoms with E-state index in [-0.39, 0.29) is 29.5 Å². The number of benzene rings is 1. The van der Waals surface area contributed by atoms with E-state index in [9.17, 15) is 14.4 Å². The number of carbonyl (C=O) groups excluding carboxylic acids is 2. The van der Waals surface area contributed by atoms with Crippen LogP contribution in [0.25, 0.3) is 16.5 Å². The van der Waals surface area contributed by atoms with Gasteiger partial charge in [0, 0.05) is 22.8 Å². The second-order valence-corrected chi connectivity index (χ2v) is 8.48. The van der Waals surface area contributed by atoms with Crippen LogP contribution in [0.2, 0.25) is 0 Å². The van der Waals surface area contributed by atoms with Crippen LogP contribution in [-0.4, -0.2) is 35.4 Å². The number of methoxy groups -OCH3 is 1. The molecular formula is C24H29N3O5S. The normalized spacial score (nSPS) is 11.1. The summed E-state index contributed by atoms with van der Waals surface area (Å²) in [7, 11) is 1.53. The minimum absolute atomic E-state index is 0.0182. The van der Waals surface area contributed by atoms with Gasteiger partial charge in [-0.1, -0.05) is 32.8 Å². The number of anilines is 1. The molecule has 2 aromatic heterocycles. The first-order chi connectivity index (χ1) is 15.9. The quantitative estimate of drug-likeness (QED) is 0.427. The Balaban J connectivity index is 2.17. The van der Waals surface area contributed by atoms with Crippen molar-refractivity contribution in [1.29, 1.82) is 0 Å². The van der Waals surface area contributed by atoms with Crippen LogP contribution in [0, 0.1) is 5.92 Å². The molecule has 33 heavy (non-hydrogen) atoms. The van der Waals surface area contributed by atoms with Crippen molar-refractivity contribution in [3.05, 3.63) is 45.7 Å². The zero-order chi connectivity index (χ0) is 24.0. The fourth-order valence-corrected chi connectivity index (χ4v) is 4.67. The van der Waals surface area contributed by atoms with Gasteiger partial charge in [-0.05, 0) is 31.9 Å². The van der Waals surface area contributed by atoms with Crippen molar-refractivity contribution >= 4 is 39.0 Å². The average Bonchev–Trinajstić information content (AvgIpc) is 3.23. The third-order valence-corrected chi connectivity index (χ3v) is 6.20. The van der Waals surface area contributed by atoms with Gasteiger partial charge >= 0.3 is 5.97 Å². The third kappa shape index (κ3) is 5.24. The van der Waals surface area contributed by atoms with Crippen LogP contribution in [0.3, 0.4) is 0 Å². The molecule has 9 heteroatoms. The molecule has 0 aliphatic heterocycles. The molecule has 0 radical (unpaired) electrons. The van der Waals surface area contributed by atoms with E-state index in [2.05, 4.69) is 10.4 Å². The van der Waals surface area contributed by atoms with E-state index in [4.69, 9.17) is 9.47 Å². The summed E-state index contributed by atoms with van der Waals surface area (Å²) in [5, 5.41) is 9.92. The van der Waals surface area contributed by atoms with Crippen LogP contribution in [0.4, 0.5) is 5.00 Å². The van der Waals surface area contributed by atoms with Crippen molar-refractivity contribution < 1.29 is 19.1 Å². The molecule has 8 nitrogen and oxygen atoms in total. The van der Waals surface area contributed by atoms with Crippen molar-refractivity contribution in [3.63, 3.8) is 0 Å². The number of hydrogen-bond donors (Lipinski definition) is 1. The van der Waals surface area contributed by atoms with Gasteiger partial charge in [0.05, 0.1) is 24.8 Å². The summed E-state index contributed by atoms with van der Waals surface area (Å²) in [5.74, 6) is -0.349. The predicted molar refractivity (Wildman–Crippen MR) is 130 cm³/mol. The molecule has 0 aliphatic carbocycles. The van der Waals surface area contributed by atoms with Crippen LogP contribution in [0.5, 0.6) is 5.75 Å². The molecular weight excluding hydrogens is 442 g/mol. The van der Waals surface area contributed by atoms with Gasteiger partial charge in [0.2, 0.25) is 5.91 Å². The van der Waals surface area contributed by atoms with Gasteiger partial charge < -0.3 is 14.8 Å². The summed E-state index contributed by atoms with van der Waals surface area (Å²) in [6.07, 6.45) is 3.32. The summed E-state index contributed by atoms with van der Waals surface area (Å²) >= 11 is 1.20. The highest BCUT2D eigenvalue weighted by Gasteiger charge is 2.25. The van der Waals surface area contributed by atoms with Gasteiger partial charge in [0.1, 0.15) is 10.8 Å². The van der Waals surface area contributed by atoms with Crippen molar-refractivity contribution in [3.8, 4) is 11.4 Å². The molecule has 2 heterocycles. The van der Waals surface area contributed by atoms with Gasteiger partial charge in [-0.3, -0.25) is 9.59 Å². The molecule has 1 amide bonds. The van der Waals surface area contributed by atoms with Gasteiger partial charge in [-0.15, -0.1) is 11.3 Å². The molecule has 3 aromatic rings. The van der Waals surface area contributed by atoms with Gasteiger partial charge in [0.25, 0.3) is 5.56 Å². The van der Waals surface area contributed by atoms with E-state index in [1.807, 2.05) is 13.8 Å². The Kier molecular flexibility index (Phi) is 8.21. The number of esters is 1. The number of nitrogens with zero attached hydrogens (tertiary/aromatic N) is 2. The van der Waals surface area contributed by atoms with Crippen LogP contribution in [0.15, 0.2) is 34.4 Å². The third-order valence-electron chi connectivity index (χ3n) is 5.30. The summed E-state index contributed by atoms with van der Waals surface area (Å²) in [5.41, 5.74) is 0.0141. The molecule has 0 saturated carbocycles. The molecule has 3 rings (SSSR count). The molecule has 176 valence electrons. The van der Waals surface area contributed by atoms with E-state index in [0.29, 0.717) is 21.8 Å². The molecule has 0 unspecified atom stereocenters. The molecule has 0 fully saturated rings. The molecule has 0 saturated heterocycles. The average molecular weight is 472 g/mol. The first kappa shape index (κ1) is 24.4. The minimum atomic E-state index is -0.635. The second-order valence-electron chi connectivity index (χ2n) is 7.60. The maximum Gasteiger partial charge on any atom is 0.359 e. The zero-order valence-corrected chi connectivity index (χ0v) is 20.2. The fourth-order valence-electron chi connectivity index (χ4n) is 3.73. The van der Waals surface area contributed by atoms with Gasteiger partial charge in [-0.25, -0.2) is 4.79 Å². The van der Waals surface area contributed by atoms with Crippen LogP contribution in [0.1, 0.15) is 56.9 Å². The maximum atomic E-state index is 13.5. The zero-order valence-electron chi connectivity index (χ0n) is 19.3. The van der Waals surface area contributed by atoms with Crippen molar-refractivity contribution in [2.24, 2.45) is 5.92 Å². The van der Waals surface area contributed by atoms with Crippen LogP contribution in [-0.2, 0) is 9.53 Å². The summed E-state index contributed by atoms with van der Waals surface area (Å²) in [6, 6.07) is 6.82. The Hall–Kier alpha value is -3.20. The standard InChI is InChI=1S/C24H29N3O5S/c1-5-9-15(10-6-2)21(28)25-22-19-18(14-33-22)20(24(30)32-7-3)26-27(23(19)29)16-11-8-12-17(13-16)31-4/h8,11-15H,5-7,9-10H2,1-4H3,(H,25,28). The molecule has 0 spiro atoms. The first-order valence-electron chi connectivity index (χ1n) is 11.1. The summed E-state index contributed by atoms with van der Waals surface area (Å²) < 4.78 is 11.6. The highest BCUT2D eigenvalue weighted by molar-refractivity contribution is 7.16.